The quantitative estimate of drug-likeness (QED) is 0.186. The van der Waals surface area contributed by atoms with E-state index < -0.39 is 68.2 Å². The van der Waals surface area contributed by atoms with Crippen LogP contribution in [0.25, 0.3) is 0 Å². The van der Waals surface area contributed by atoms with Gasteiger partial charge in [-0.2, -0.15) is 0 Å². The Labute approximate surface area is 181 Å². The van der Waals surface area contributed by atoms with Crippen LogP contribution in [0.1, 0.15) is 5.56 Å². The predicted octanol–water partition coefficient (Wildman–Crippen LogP) is -3.68. The SMILES string of the molecule is O=COC1O[C@@H](Oc2ccc(CO[C@@H]3OC(CO)[C@@H](O)[C@H](O)C3O)cc2)C(O)[C@@H](O)[C@@H]1O. The van der Waals surface area contributed by atoms with Gasteiger partial charge in [0.05, 0.1) is 13.2 Å². The molecule has 2 heterocycles. The summed E-state index contributed by atoms with van der Waals surface area (Å²) < 4.78 is 25.8. The van der Waals surface area contributed by atoms with Crippen LogP contribution >= 0.6 is 0 Å². The molecule has 4 unspecified atom stereocenters. The molecule has 0 amide bonds. The fraction of sp³-hybridized carbons (Fsp3) is 0.632. The van der Waals surface area contributed by atoms with Crippen LogP contribution in [0.4, 0.5) is 0 Å². The first-order valence-electron chi connectivity index (χ1n) is 9.73. The van der Waals surface area contributed by atoms with E-state index in [1.54, 1.807) is 12.1 Å². The van der Waals surface area contributed by atoms with Gasteiger partial charge in [0.2, 0.25) is 12.6 Å². The molecule has 2 fully saturated rings. The normalized spacial score (nSPS) is 40.0. The van der Waals surface area contributed by atoms with Crippen molar-refractivity contribution in [2.24, 2.45) is 0 Å². The minimum absolute atomic E-state index is 0.0274. The van der Waals surface area contributed by atoms with Crippen molar-refractivity contribution in [3.05, 3.63) is 29.8 Å². The van der Waals surface area contributed by atoms with Gasteiger partial charge >= 0.3 is 0 Å². The second-order valence-corrected chi connectivity index (χ2v) is 7.35. The molecule has 10 atom stereocenters. The smallest absolute Gasteiger partial charge is 0.295 e. The number of carbonyl (C=O) groups is 1. The molecular weight excluding hydrogens is 436 g/mol. The number of hydrogen-bond acceptors (Lipinski definition) is 13. The highest BCUT2D eigenvalue weighted by atomic mass is 16.8. The van der Waals surface area contributed by atoms with Crippen molar-refractivity contribution < 1.29 is 64.2 Å². The van der Waals surface area contributed by atoms with Crippen LogP contribution in [-0.4, -0.2) is 110 Å². The first kappa shape index (κ1) is 24.7. The summed E-state index contributed by atoms with van der Waals surface area (Å²) in [5.41, 5.74) is 0.594. The third-order valence-electron chi connectivity index (χ3n) is 5.15. The topological polar surface area (TPSA) is 205 Å². The maximum Gasteiger partial charge on any atom is 0.295 e. The molecule has 0 aromatic heterocycles. The number of aliphatic hydroxyl groups is 7. The van der Waals surface area contributed by atoms with Gasteiger partial charge in [0.15, 0.2) is 6.29 Å². The van der Waals surface area contributed by atoms with Crippen molar-refractivity contribution in [3.63, 3.8) is 0 Å². The molecule has 1 aromatic rings. The van der Waals surface area contributed by atoms with Crippen LogP contribution in [0.3, 0.4) is 0 Å². The molecule has 13 nitrogen and oxygen atoms in total. The van der Waals surface area contributed by atoms with Gasteiger partial charge in [-0.25, -0.2) is 0 Å². The summed E-state index contributed by atoms with van der Waals surface area (Å²) >= 11 is 0. The molecule has 0 saturated carbocycles. The summed E-state index contributed by atoms with van der Waals surface area (Å²) in [5, 5.41) is 68.4. The van der Waals surface area contributed by atoms with E-state index in [9.17, 15) is 40.5 Å². The van der Waals surface area contributed by atoms with Gasteiger partial charge < -0.3 is 54.7 Å². The molecule has 3 rings (SSSR count). The summed E-state index contributed by atoms with van der Waals surface area (Å²) in [6.45, 7) is -0.609. The van der Waals surface area contributed by atoms with E-state index in [4.69, 9.17) is 18.9 Å². The highest BCUT2D eigenvalue weighted by Crippen LogP contribution is 2.26. The monoisotopic (exact) mass is 462 g/mol. The summed E-state index contributed by atoms with van der Waals surface area (Å²) in [6.07, 6.45) is -14.8. The third kappa shape index (κ3) is 5.35. The van der Waals surface area contributed by atoms with Crippen molar-refractivity contribution in [2.45, 2.75) is 68.2 Å². The van der Waals surface area contributed by atoms with Crippen LogP contribution in [-0.2, 0) is 30.3 Å². The average molecular weight is 462 g/mol. The summed E-state index contributed by atoms with van der Waals surface area (Å²) in [7, 11) is 0. The van der Waals surface area contributed by atoms with Crippen molar-refractivity contribution in [3.8, 4) is 5.75 Å². The van der Waals surface area contributed by atoms with E-state index in [1.807, 2.05) is 0 Å². The Morgan fingerprint density at radius 1 is 0.781 bits per heavy atom. The number of hydrogen-bond donors (Lipinski definition) is 7. The Morgan fingerprint density at radius 3 is 2.00 bits per heavy atom. The molecule has 2 saturated heterocycles. The number of rotatable bonds is 8. The molecule has 0 aliphatic carbocycles. The largest absolute Gasteiger partial charge is 0.462 e. The van der Waals surface area contributed by atoms with Crippen molar-refractivity contribution >= 4 is 6.47 Å². The second-order valence-electron chi connectivity index (χ2n) is 7.35. The average Bonchev–Trinajstić information content (AvgIpc) is 2.80. The molecule has 180 valence electrons. The lowest BCUT2D eigenvalue weighted by molar-refractivity contribution is -0.321. The minimum Gasteiger partial charge on any atom is -0.462 e. The Balaban J connectivity index is 1.56. The van der Waals surface area contributed by atoms with E-state index in [1.165, 1.54) is 12.1 Å². The standard InChI is InChI=1S/C19H26O13/c20-5-10-11(22)12(23)14(25)17(31-10)28-6-8-1-3-9(4-2-8)30-19-16(27)13(24)15(26)18(32-19)29-7-21/h1-4,7,10-20,22-27H,5-6H2/t10?,11-,12+,13+,14?,15+,16?,17-,18?,19-/m1/s1. The van der Waals surface area contributed by atoms with Crippen LogP contribution in [0.15, 0.2) is 24.3 Å². The van der Waals surface area contributed by atoms with Gasteiger partial charge in [-0.1, -0.05) is 12.1 Å². The summed E-state index contributed by atoms with van der Waals surface area (Å²) in [5.74, 6) is 0.207. The molecule has 0 spiro atoms. The molecule has 0 bridgehead atoms. The van der Waals surface area contributed by atoms with Crippen LogP contribution in [0.5, 0.6) is 5.75 Å². The van der Waals surface area contributed by atoms with Crippen LogP contribution < -0.4 is 4.74 Å². The molecule has 2 aliphatic heterocycles. The number of benzene rings is 1. The van der Waals surface area contributed by atoms with Crippen molar-refractivity contribution in [1.82, 2.24) is 0 Å². The highest BCUT2D eigenvalue weighted by Gasteiger charge is 2.46. The molecule has 2 aliphatic rings. The van der Waals surface area contributed by atoms with E-state index in [0.29, 0.717) is 5.56 Å². The van der Waals surface area contributed by atoms with Gasteiger partial charge in [-0.3, -0.25) is 9.53 Å². The molecular formula is C19H26O13. The van der Waals surface area contributed by atoms with Crippen LogP contribution in [0.2, 0.25) is 0 Å². The van der Waals surface area contributed by atoms with Gasteiger partial charge in [-0.15, -0.1) is 0 Å². The van der Waals surface area contributed by atoms with Gasteiger partial charge in [-0.05, 0) is 17.7 Å². The Kier molecular flexibility index (Phi) is 8.35. The molecule has 0 radical (unpaired) electrons. The maximum atomic E-state index is 10.5. The molecule has 32 heavy (non-hydrogen) atoms. The first-order valence-corrected chi connectivity index (χ1v) is 9.73. The summed E-state index contributed by atoms with van der Waals surface area (Å²) in [6, 6.07) is 6.10. The first-order chi connectivity index (χ1) is 15.3. The van der Waals surface area contributed by atoms with Crippen molar-refractivity contribution in [2.75, 3.05) is 6.61 Å². The molecule has 13 heteroatoms. The number of ether oxygens (including phenoxy) is 5. The number of carbonyl (C=O) groups excluding carboxylic acids is 1. The van der Waals surface area contributed by atoms with E-state index in [-0.39, 0.29) is 18.8 Å². The Bertz CT molecular complexity index is 728. The van der Waals surface area contributed by atoms with Gasteiger partial charge in [0.25, 0.3) is 6.47 Å². The Morgan fingerprint density at radius 2 is 1.38 bits per heavy atom. The van der Waals surface area contributed by atoms with Gasteiger partial charge in [0.1, 0.15) is 48.5 Å². The fourth-order valence-electron chi connectivity index (χ4n) is 3.26. The predicted molar refractivity (Wildman–Crippen MR) is 99.5 cm³/mol. The molecule has 1 aromatic carbocycles. The fourth-order valence-corrected chi connectivity index (χ4v) is 3.26. The second kappa shape index (κ2) is 10.8. The number of aliphatic hydroxyl groups excluding tert-OH is 7. The van der Waals surface area contributed by atoms with E-state index in [2.05, 4.69) is 4.74 Å². The van der Waals surface area contributed by atoms with Crippen molar-refractivity contribution in [1.29, 1.82) is 0 Å². The Hall–Kier alpha value is -1.91. The zero-order valence-electron chi connectivity index (χ0n) is 16.7. The van der Waals surface area contributed by atoms with E-state index in [0.717, 1.165) is 0 Å². The van der Waals surface area contributed by atoms with Gasteiger partial charge in [0, 0.05) is 0 Å². The lowest BCUT2D eigenvalue weighted by atomic mass is 9.99. The maximum absolute atomic E-state index is 10.5. The minimum atomic E-state index is -1.68. The highest BCUT2D eigenvalue weighted by molar-refractivity contribution is 5.37. The zero-order valence-corrected chi connectivity index (χ0v) is 16.7. The zero-order chi connectivity index (χ0) is 23.4. The third-order valence-corrected chi connectivity index (χ3v) is 5.15. The van der Waals surface area contributed by atoms with E-state index >= 15 is 0 Å². The summed E-state index contributed by atoms with van der Waals surface area (Å²) in [4.78, 5) is 10.5. The van der Waals surface area contributed by atoms with Crippen LogP contribution in [0, 0.1) is 0 Å². The lowest BCUT2D eigenvalue weighted by Gasteiger charge is -2.39. The lowest BCUT2D eigenvalue weighted by Crippen LogP contribution is -2.59. The molecule has 7 N–H and O–H groups in total.